The first-order valence-corrected chi connectivity index (χ1v) is 6.04. The molecule has 1 aromatic heterocycles. The number of rotatable bonds is 4. The van der Waals surface area contributed by atoms with Crippen LogP contribution < -0.4 is 5.73 Å². The van der Waals surface area contributed by atoms with E-state index < -0.39 is 0 Å². The number of benzene rings is 1. The lowest BCUT2D eigenvalue weighted by Crippen LogP contribution is -2.08. The Labute approximate surface area is 97.9 Å². The Morgan fingerprint density at radius 2 is 2.06 bits per heavy atom. The van der Waals surface area contributed by atoms with Gasteiger partial charge in [-0.25, -0.2) is 9.37 Å². The summed E-state index contributed by atoms with van der Waals surface area (Å²) in [5.41, 5.74) is 6.68. The molecule has 1 atom stereocenters. The number of nitrogens with zero attached hydrogens (tertiary/aromatic N) is 1. The van der Waals surface area contributed by atoms with Crippen molar-refractivity contribution >= 4 is 11.3 Å². The maximum absolute atomic E-state index is 12.8. The predicted molar refractivity (Wildman–Crippen MR) is 64.0 cm³/mol. The van der Waals surface area contributed by atoms with Crippen LogP contribution in [0.15, 0.2) is 35.8 Å². The third kappa shape index (κ3) is 2.46. The zero-order valence-electron chi connectivity index (χ0n) is 8.77. The van der Waals surface area contributed by atoms with Crippen molar-refractivity contribution in [1.29, 1.82) is 0 Å². The molecule has 2 N–H and O–H groups in total. The molecule has 0 aliphatic carbocycles. The predicted octanol–water partition coefficient (Wildman–Crippen LogP) is 2.76. The minimum absolute atomic E-state index is 0.186. The van der Waals surface area contributed by atoms with Crippen molar-refractivity contribution in [3.63, 3.8) is 0 Å². The number of halogens is 1. The number of nitrogens with two attached hydrogens (primary N) is 1. The SMILES string of the molecule is NCCC(c1ccc(F)cc1)c1nccs1. The van der Waals surface area contributed by atoms with Crippen LogP contribution in [0.5, 0.6) is 0 Å². The van der Waals surface area contributed by atoms with E-state index in [0.29, 0.717) is 6.54 Å². The van der Waals surface area contributed by atoms with Gasteiger partial charge in [-0.05, 0) is 30.7 Å². The summed E-state index contributed by atoms with van der Waals surface area (Å²) in [4.78, 5) is 4.30. The molecule has 0 aliphatic rings. The van der Waals surface area contributed by atoms with Crippen molar-refractivity contribution in [2.24, 2.45) is 5.73 Å². The molecule has 2 aromatic rings. The van der Waals surface area contributed by atoms with Crippen LogP contribution in [-0.4, -0.2) is 11.5 Å². The third-order valence-electron chi connectivity index (χ3n) is 2.48. The summed E-state index contributed by atoms with van der Waals surface area (Å²) < 4.78 is 12.8. The van der Waals surface area contributed by atoms with Crippen LogP contribution >= 0.6 is 11.3 Å². The Bertz CT molecular complexity index is 425. The summed E-state index contributed by atoms with van der Waals surface area (Å²) in [6.07, 6.45) is 2.62. The summed E-state index contributed by atoms with van der Waals surface area (Å²) in [5.74, 6) is -0.0278. The summed E-state index contributed by atoms with van der Waals surface area (Å²) in [6.45, 7) is 0.599. The van der Waals surface area contributed by atoms with Crippen LogP contribution in [0, 0.1) is 5.82 Å². The van der Waals surface area contributed by atoms with E-state index in [9.17, 15) is 4.39 Å². The molecule has 4 heteroatoms. The largest absolute Gasteiger partial charge is 0.330 e. The van der Waals surface area contributed by atoms with E-state index in [2.05, 4.69) is 4.98 Å². The van der Waals surface area contributed by atoms with Gasteiger partial charge in [-0.3, -0.25) is 0 Å². The smallest absolute Gasteiger partial charge is 0.123 e. The highest BCUT2D eigenvalue weighted by molar-refractivity contribution is 7.09. The fraction of sp³-hybridized carbons (Fsp3) is 0.250. The van der Waals surface area contributed by atoms with Crippen molar-refractivity contribution in [2.75, 3.05) is 6.54 Å². The minimum Gasteiger partial charge on any atom is -0.330 e. The highest BCUT2D eigenvalue weighted by atomic mass is 32.1. The molecule has 84 valence electrons. The van der Waals surface area contributed by atoms with E-state index in [1.165, 1.54) is 12.1 Å². The second kappa shape index (κ2) is 5.18. The quantitative estimate of drug-likeness (QED) is 0.886. The van der Waals surface area contributed by atoms with Gasteiger partial charge in [-0.2, -0.15) is 0 Å². The molecule has 0 bridgehead atoms. The molecule has 0 spiro atoms. The van der Waals surface area contributed by atoms with Gasteiger partial charge < -0.3 is 5.73 Å². The molecule has 0 saturated heterocycles. The molecule has 1 aromatic carbocycles. The van der Waals surface area contributed by atoms with E-state index in [4.69, 9.17) is 5.73 Å². The van der Waals surface area contributed by atoms with E-state index in [1.807, 2.05) is 5.38 Å². The Morgan fingerprint density at radius 3 is 2.62 bits per heavy atom. The molecule has 0 aliphatic heterocycles. The lowest BCUT2D eigenvalue weighted by molar-refractivity contribution is 0.625. The van der Waals surface area contributed by atoms with Gasteiger partial charge in [-0.1, -0.05) is 12.1 Å². The Kier molecular flexibility index (Phi) is 3.64. The molecule has 0 saturated carbocycles. The number of aromatic nitrogens is 1. The standard InChI is InChI=1S/C12H13FN2S/c13-10-3-1-9(2-4-10)11(5-6-14)12-15-7-8-16-12/h1-4,7-8,11H,5-6,14H2. The molecular formula is C12H13FN2S. The average Bonchev–Trinajstić information content (AvgIpc) is 2.81. The van der Waals surface area contributed by atoms with Gasteiger partial charge in [0.2, 0.25) is 0 Å². The van der Waals surface area contributed by atoms with Gasteiger partial charge >= 0.3 is 0 Å². The van der Waals surface area contributed by atoms with Gasteiger partial charge in [0.1, 0.15) is 5.82 Å². The number of hydrogen-bond donors (Lipinski definition) is 1. The number of thiazole rings is 1. The molecule has 16 heavy (non-hydrogen) atoms. The lowest BCUT2D eigenvalue weighted by Gasteiger charge is -2.13. The van der Waals surface area contributed by atoms with Crippen LogP contribution in [0.1, 0.15) is 22.9 Å². The molecule has 1 unspecified atom stereocenters. The zero-order chi connectivity index (χ0) is 11.4. The van der Waals surface area contributed by atoms with E-state index in [1.54, 1.807) is 29.7 Å². The van der Waals surface area contributed by atoms with Crippen molar-refractivity contribution < 1.29 is 4.39 Å². The van der Waals surface area contributed by atoms with Crippen molar-refractivity contribution in [3.05, 3.63) is 52.2 Å². The summed E-state index contributed by atoms with van der Waals surface area (Å²) >= 11 is 1.61. The van der Waals surface area contributed by atoms with Crippen LogP contribution in [0.4, 0.5) is 4.39 Å². The van der Waals surface area contributed by atoms with E-state index in [0.717, 1.165) is 17.0 Å². The maximum Gasteiger partial charge on any atom is 0.123 e. The molecule has 1 heterocycles. The van der Waals surface area contributed by atoms with Crippen LogP contribution in [-0.2, 0) is 0 Å². The maximum atomic E-state index is 12.8. The molecule has 0 fully saturated rings. The van der Waals surface area contributed by atoms with Crippen LogP contribution in [0.2, 0.25) is 0 Å². The Morgan fingerprint density at radius 1 is 1.31 bits per heavy atom. The van der Waals surface area contributed by atoms with Crippen LogP contribution in [0.3, 0.4) is 0 Å². The first-order chi connectivity index (χ1) is 7.81. The molecule has 0 radical (unpaired) electrons. The zero-order valence-corrected chi connectivity index (χ0v) is 9.58. The van der Waals surface area contributed by atoms with Gasteiger partial charge in [0.05, 0.1) is 5.01 Å². The van der Waals surface area contributed by atoms with Crippen molar-refractivity contribution in [1.82, 2.24) is 4.98 Å². The fourth-order valence-electron chi connectivity index (χ4n) is 1.70. The minimum atomic E-state index is -0.214. The third-order valence-corrected chi connectivity index (χ3v) is 3.37. The average molecular weight is 236 g/mol. The Balaban J connectivity index is 2.29. The van der Waals surface area contributed by atoms with Crippen molar-refractivity contribution in [2.45, 2.75) is 12.3 Å². The second-order valence-corrected chi connectivity index (χ2v) is 4.48. The summed E-state index contributed by atoms with van der Waals surface area (Å²) in [7, 11) is 0. The fourth-order valence-corrected chi connectivity index (χ4v) is 2.50. The Hall–Kier alpha value is -1.26. The summed E-state index contributed by atoms with van der Waals surface area (Å²) in [6, 6.07) is 6.56. The highest BCUT2D eigenvalue weighted by Crippen LogP contribution is 2.28. The van der Waals surface area contributed by atoms with Gasteiger partial charge in [0.25, 0.3) is 0 Å². The normalized spacial score (nSPS) is 12.6. The number of hydrogen-bond acceptors (Lipinski definition) is 3. The summed E-state index contributed by atoms with van der Waals surface area (Å²) in [5, 5.41) is 2.99. The van der Waals surface area contributed by atoms with E-state index >= 15 is 0 Å². The van der Waals surface area contributed by atoms with Gasteiger partial charge in [0, 0.05) is 17.5 Å². The highest BCUT2D eigenvalue weighted by Gasteiger charge is 2.15. The first-order valence-electron chi connectivity index (χ1n) is 5.16. The molecule has 0 amide bonds. The molecule has 2 rings (SSSR count). The topological polar surface area (TPSA) is 38.9 Å². The van der Waals surface area contributed by atoms with Crippen molar-refractivity contribution in [3.8, 4) is 0 Å². The van der Waals surface area contributed by atoms with Gasteiger partial charge in [-0.15, -0.1) is 11.3 Å². The molecular weight excluding hydrogens is 223 g/mol. The molecule has 2 nitrogen and oxygen atoms in total. The second-order valence-electron chi connectivity index (χ2n) is 3.55. The first kappa shape index (κ1) is 11.2. The van der Waals surface area contributed by atoms with Crippen LogP contribution in [0.25, 0.3) is 0 Å². The van der Waals surface area contributed by atoms with E-state index in [-0.39, 0.29) is 11.7 Å². The lowest BCUT2D eigenvalue weighted by atomic mass is 9.96. The van der Waals surface area contributed by atoms with Gasteiger partial charge in [0.15, 0.2) is 0 Å². The monoisotopic (exact) mass is 236 g/mol.